The molecule has 5 nitrogen and oxygen atoms in total. The molecule has 0 saturated carbocycles. The summed E-state index contributed by atoms with van der Waals surface area (Å²) in [6.07, 6.45) is 1.19. The lowest BCUT2D eigenvalue weighted by atomic mass is 10.2. The fraction of sp³-hybridized carbons (Fsp3) is 0.462. The molecular weight excluding hydrogens is 300 g/mol. The van der Waals surface area contributed by atoms with Crippen LogP contribution >= 0.6 is 11.6 Å². The summed E-state index contributed by atoms with van der Waals surface area (Å²) in [5, 5.41) is 2.67. The van der Waals surface area contributed by atoms with Crippen molar-refractivity contribution in [3.05, 3.63) is 29.8 Å². The van der Waals surface area contributed by atoms with Crippen LogP contribution < -0.4 is 10.0 Å². The van der Waals surface area contributed by atoms with E-state index in [1.54, 1.807) is 24.3 Å². The highest BCUT2D eigenvalue weighted by atomic mass is 35.5. The normalized spacial score (nSPS) is 11.1. The van der Waals surface area contributed by atoms with E-state index < -0.39 is 10.0 Å². The average Bonchev–Trinajstić information content (AvgIpc) is 2.39. The van der Waals surface area contributed by atoms with Gasteiger partial charge in [-0.3, -0.25) is 9.52 Å². The number of halogens is 1. The number of anilines is 1. The molecule has 0 fully saturated rings. The van der Waals surface area contributed by atoms with Crippen LogP contribution in [0.1, 0.15) is 30.1 Å². The largest absolute Gasteiger partial charge is 0.352 e. The summed E-state index contributed by atoms with van der Waals surface area (Å²) < 4.78 is 26.0. The number of alkyl halides is 1. The number of amides is 1. The van der Waals surface area contributed by atoms with Crippen molar-refractivity contribution < 1.29 is 13.2 Å². The summed E-state index contributed by atoms with van der Waals surface area (Å²) in [6, 6.07) is 6.32. The maximum atomic E-state index is 11.8. The van der Waals surface area contributed by atoms with Crippen LogP contribution in [0.4, 0.5) is 5.69 Å². The molecule has 0 atom stereocenters. The van der Waals surface area contributed by atoms with E-state index in [0.29, 0.717) is 36.5 Å². The molecule has 0 spiro atoms. The van der Waals surface area contributed by atoms with Gasteiger partial charge in [0, 0.05) is 23.7 Å². The number of rotatable bonds is 8. The standard InChI is InChI=1S/C13H19ClN2O3S/c1-2-15-13(17)11-5-7-12(8-6-11)16-20(18,19)10-4-3-9-14/h5-8,16H,2-4,9-10H2,1H3,(H,15,17). The first kappa shape index (κ1) is 16.8. The van der Waals surface area contributed by atoms with Crippen molar-refractivity contribution in [1.82, 2.24) is 5.32 Å². The second-order valence-corrected chi connectivity index (χ2v) is 6.47. The molecule has 0 aliphatic carbocycles. The van der Waals surface area contributed by atoms with Crippen molar-refractivity contribution in [2.24, 2.45) is 0 Å². The molecule has 0 bridgehead atoms. The number of carbonyl (C=O) groups is 1. The van der Waals surface area contributed by atoms with Gasteiger partial charge in [0.1, 0.15) is 0 Å². The number of carbonyl (C=O) groups excluding carboxylic acids is 1. The molecule has 1 aromatic rings. The van der Waals surface area contributed by atoms with E-state index in [9.17, 15) is 13.2 Å². The first-order valence-electron chi connectivity index (χ1n) is 6.43. The number of benzene rings is 1. The Balaban J connectivity index is 2.63. The van der Waals surface area contributed by atoms with Crippen LogP contribution in [0.2, 0.25) is 0 Å². The van der Waals surface area contributed by atoms with Gasteiger partial charge in [0.2, 0.25) is 10.0 Å². The van der Waals surface area contributed by atoms with Gasteiger partial charge in [-0.15, -0.1) is 11.6 Å². The van der Waals surface area contributed by atoms with Crippen LogP contribution in [-0.4, -0.2) is 32.5 Å². The number of sulfonamides is 1. The second-order valence-electron chi connectivity index (χ2n) is 4.25. The molecule has 0 heterocycles. The third-order valence-electron chi connectivity index (χ3n) is 2.55. The van der Waals surface area contributed by atoms with Crippen LogP contribution in [0.3, 0.4) is 0 Å². The first-order valence-corrected chi connectivity index (χ1v) is 8.62. The highest BCUT2D eigenvalue weighted by molar-refractivity contribution is 7.92. The Bertz CT molecular complexity index is 529. The molecule has 7 heteroatoms. The maximum Gasteiger partial charge on any atom is 0.251 e. The monoisotopic (exact) mass is 318 g/mol. The predicted molar refractivity (Wildman–Crippen MR) is 81.8 cm³/mol. The van der Waals surface area contributed by atoms with Gasteiger partial charge in [-0.25, -0.2) is 8.42 Å². The van der Waals surface area contributed by atoms with E-state index in [-0.39, 0.29) is 11.7 Å². The molecular formula is C13H19ClN2O3S. The zero-order valence-electron chi connectivity index (χ0n) is 11.4. The smallest absolute Gasteiger partial charge is 0.251 e. The molecule has 1 rings (SSSR count). The van der Waals surface area contributed by atoms with E-state index in [4.69, 9.17) is 11.6 Å². The average molecular weight is 319 g/mol. The van der Waals surface area contributed by atoms with Gasteiger partial charge in [-0.1, -0.05) is 0 Å². The minimum atomic E-state index is -3.36. The van der Waals surface area contributed by atoms with E-state index in [1.807, 2.05) is 6.92 Å². The van der Waals surface area contributed by atoms with Crippen LogP contribution in [0.25, 0.3) is 0 Å². The summed E-state index contributed by atoms with van der Waals surface area (Å²) in [4.78, 5) is 11.6. The van der Waals surface area contributed by atoms with E-state index in [2.05, 4.69) is 10.0 Å². The molecule has 0 aromatic heterocycles. The van der Waals surface area contributed by atoms with Crippen molar-refractivity contribution in [2.75, 3.05) is 22.9 Å². The summed E-state index contributed by atoms with van der Waals surface area (Å²) >= 11 is 5.51. The van der Waals surface area contributed by atoms with Gasteiger partial charge < -0.3 is 5.32 Å². The summed E-state index contributed by atoms with van der Waals surface area (Å²) in [7, 11) is -3.36. The van der Waals surface area contributed by atoms with Gasteiger partial charge in [0.05, 0.1) is 5.75 Å². The fourth-order valence-electron chi connectivity index (χ4n) is 1.57. The number of nitrogens with one attached hydrogen (secondary N) is 2. The quantitative estimate of drug-likeness (QED) is 0.570. The van der Waals surface area contributed by atoms with Crippen molar-refractivity contribution in [2.45, 2.75) is 19.8 Å². The molecule has 1 amide bonds. The molecule has 0 saturated heterocycles. The molecule has 0 aliphatic heterocycles. The highest BCUT2D eigenvalue weighted by Crippen LogP contribution is 2.12. The fourth-order valence-corrected chi connectivity index (χ4v) is 2.94. The molecule has 1 aromatic carbocycles. The van der Waals surface area contributed by atoms with Crippen LogP contribution in [0.15, 0.2) is 24.3 Å². The topological polar surface area (TPSA) is 75.3 Å². The highest BCUT2D eigenvalue weighted by Gasteiger charge is 2.10. The maximum absolute atomic E-state index is 11.8. The minimum absolute atomic E-state index is 0.0395. The number of unbranched alkanes of at least 4 members (excludes halogenated alkanes) is 1. The van der Waals surface area contributed by atoms with Gasteiger partial charge in [-0.2, -0.15) is 0 Å². The van der Waals surface area contributed by atoms with Crippen LogP contribution in [0.5, 0.6) is 0 Å². The third kappa shape index (κ3) is 5.79. The number of hydrogen-bond acceptors (Lipinski definition) is 3. The summed E-state index contributed by atoms with van der Waals surface area (Å²) in [5.74, 6) is 0.318. The Morgan fingerprint density at radius 2 is 1.85 bits per heavy atom. The second kappa shape index (κ2) is 8.11. The van der Waals surface area contributed by atoms with Gasteiger partial charge >= 0.3 is 0 Å². The molecule has 112 valence electrons. The molecule has 0 radical (unpaired) electrons. The first-order chi connectivity index (χ1) is 9.48. The van der Waals surface area contributed by atoms with E-state index >= 15 is 0 Å². The Morgan fingerprint density at radius 3 is 2.40 bits per heavy atom. The lowest BCUT2D eigenvalue weighted by molar-refractivity contribution is 0.0956. The number of hydrogen-bond donors (Lipinski definition) is 2. The van der Waals surface area contributed by atoms with Crippen LogP contribution in [0, 0.1) is 0 Å². The summed E-state index contributed by atoms with van der Waals surface area (Å²) in [5.41, 5.74) is 0.945. The van der Waals surface area contributed by atoms with Gasteiger partial charge in [0.15, 0.2) is 0 Å². The molecule has 20 heavy (non-hydrogen) atoms. The third-order valence-corrected chi connectivity index (χ3v) is 4.19. The zero-order valence-corrected chi connectivity index (χ0v) is 12.9. The zero-order chi connectivity index (χ0) is 15.0. The molecule has 0 aliphatic rings. The lowest BCUT2D eigenvalue weighted by Gasteiger charge is -2.08. The lowest BCUT2D eigenvalue weighted by Crippen LogP contribution is -2.22. The SMILES string of the molecule is CCNC(=O)c1ccc(NS(=O)(=O)CCCCCl)cc1. The van der Waals surface area contributed by atoms with Crippen LogP contribution in [-0.2, 0) is 10.0 Å². The Kier molecular flexibility index (Phi) is 6.81. The predicted octanol–water partition coefficient (Wildman–Crippen LogP) is 2.20. The van der Waals surface area contributed by atoms with Gasteiger partial charge in [0.25, 0.3) is 5.91 Å². The van der Waals surface area contributed by atoms with Gasteiger partial charge in [-0.05, 0) is 44.0 Å². The molecule has 2 N–H and O–H groups in total. The Labute approximate surface area is 124 Å². The van der Waals surface area contributed by atoms with Crippen molar-refractivity contribution in [3.8, 4) is 0 Å². The minimum Gasteiger partial charge on any atom is -0.352 e. The Hall–Kier alpha value is -1.27. The van der Waals surface area contributed by atoms with Crippen molar-refractivity contribution in [3.63, 3.8) is 0 Å². The van der Waals surface area contributed by atoms with Crippen molar-refractivity contribution >= 4 is 33.2 Å². The van der Waals surface area contributed by atoms with E-state index in [1.165, 1.54) is 0 Å². The Morgan fingerprint density at radius 1 is 1.20 bits per heavy atom. The van der Waals surface area contributed by atoms with Crippen molar-refractivity contribution in [1.29, 1.82) is 0 Å². The molecule has 0 unspecified atom stereocenters. The van der Waals surface area contributed by atoms with E-state index in [0.717, 1.165) is 0 Å². The summed E-state index contributed by atoms with van der Waals surface area (Å²) in [6.45, 7) is 2.38.